The Morgan fingerprint density at radius 2 is 2.35 bits per heavy atom. The SMILES string of the molecule is Cn1ncc(C(=O)O)c1COc1cccc(F)c1C#N. The maximum Gasteiger partial charge on any atom is 0.339 e. The Morgan fingerprint density at radius 1 is 1.60 bits per heavy atom. The summed E-state index contributed by atoms with van der Waals surface area (Å²) in [6.45, 7) is -0.129. The Hall–Kier alpha value is -2.88. The Bertz CT molecular complexity index is 703. The summed E-state index contributed by atoms with van der Waals surface area (Å²) in [6, 6.07) is 5.71. The Morgan fingerprint density at radius 3 is 3.00 bits per heavy atom. The summed E-state index contributed by atoms with van der Waals surface area (Å²) in [4.78, 5) is 11.0. The minimum Gasteiger partial charge on any atom is -0.486 e. The minimum atomic E-state index is -1.13. The van der Waals surface area contributed by atoms with Gasteiger partial charge in [0.15, 0.2) is 0 Å². The van der Waals surface area contributed by atoms with Crippen LogP contribution in [0.4, 0.5) is 4.39 Å². The topological polar surface area (TPSA) is 88.1 Å². The van der Waals surface area contributed by atoms with Gasteiger partial charge in [-0.2, -0.15) is 10.4 Å². The summed E-state index contributed by atoms with van der Waals surface area (Å²) in [5, 5.41) is 21.7. The molecular formula is C13H10FN3O3. The largest absolute Gasteiger partial charge is 0.486 e. The molecule has 1 aromatic heterocycles. The van der Waals surface area contributed by atoms with E-state index >= 15 is 0 Å². The summed E-state index contributed by atoms with van der Waals surface area (Å²) in [5.41, 5.74) is 0.111. The molecule has 0 fully saturated rings. The highest BCUT2D eigenvalue weighted by molar-refractivity contribution is 5.88. The van der Waals surface area contributed by atoms with E-state index in [-0.39, 0.29) is 23.5 Å². The van der Waals surface area contributed by atoms with Gasteiger partial charge in [-0.15, -0.1) is 0 Å². The summed E-state index contributed by atoms with van der Waals surface area (Å²) in [6.07, 6.45) is 1.21. The number of nitriles is 1. The van der Waals surface area contributed by atoms with Crippen LogP contribution in [0, 0.1) is 17.1 Å². The number of nitrogens with zero attached hydrogens (tertiary/aromatic N) is 3. The third-order valence-electron chi connectivity index (χ3n) is 2.74. The number of halogens is 1. The molecule has 0 saturated carbocycles. The van der Waals surface area contributed by atoms with Gasteiger partial charge in [-0.3, -0.25) is 4.68 Å². The maximum absolute atomic E-state index is 13.4. The lowest BCUT2D eigenvalue weighted by Crippen LogP contribution is -2.09. The van der Waals surface area contributed by atoms with E-state index < -0.39 is 11.8 Å². The number of ether oxygens (including phenoxy) is 1. The number of aromatic nitrogens is 2. The molecule has 0 radical (unpaired) electrons. The molecule has 20 heavy (non-hydrogen) atoms. The van der Waals surface area contributed by atoms with E-state index in [1.165, 1.54) is 23.0 Å². The normalized spacial score (nSPS) is 10.1. The average molecular weight is 275 g/mol. The smallest absolute Gasteiger partial charge is 0.339 e. The molecule has 0 aliphatic rings. The number of hydrogen-bond acceptors (Lipinski definition) is 4. The number of aromatic carboxylic acids is 1. The average Bonchev–Trinajstić information content (AvgIpc) is 2.78. The lowest BCUT2D eigenvalue weighted by atomic mass is 10.2. The Balaban J connectivity index is 2.26. The summed E-state index contributed by atoms with van der Waals surface area (Å²) in [7, 11) is 1.57. The van der Waals surface area contributed by atoms with Gasteiger partial charge < -0.3 is 9.84 Å². The van der Waals surface area contributed by atoms with Gasteiger partial charge in [-0.25, -0.2) is 9.18 Å². The van der Waals surface area contributed by atoms with Crippen LogP contribution in [0.1, 0.15) is 21.6 Å². The van der Waals surface area contributed by atoms with Crippen molar-refractivity contribution < 1.29 is 19.0 Å². The maximum atomic E-state index is 13.4. The van der Waals surface area contributed by atoms with E-state index in [2.05, 4.69) is 5.10 Å². The highest BCUT2D eigenvalue weighted by Gasteiger charge is 2.16. The van der Waals surface area contributed by atoms with Crippen LogP contribution < -0.4 is 4.74 Å². The third-order valence-corrected chi connectivity index (χ3v) is 2.74. The van der Waals surface area contributed by atoms with Gasteiger partial charge in [-0.1, -0.05) is 6.07 Å². The molecule has 0 aliphatic heterocycles. The zero-order valence-electron chi connectivity index (χ0n) is 10.5. The van der Waals surface area contributed by atoms with E-state index in [4.69, 9.17) is 15.1 Å². The molecule has 1 heterocycles. The van der Waals surface area contributed by atoms with Crippen LogP contribution in [0.5, 0.6) is 5.75 Å². The van der Waals surface area contributed by atoms with Gasteiger partial charge in [0, 0.05) is 7.05 Å². The highest BCUT2D eigenvalue weighted by Crippen LogP contribution is 2.22. The Kier molecular flexibility index (Phi) is 3.66. The van der Waals surface area contributed by atoms with Crippen molar-refractivity contribution in [1.82, 2.24) is 9.78 Å². The van der Waals surface area contributed by atoms with Crippen LogP contribution in [-0.2, 0) is 13.7 Å². The third kappa shape index (κ3) is 2.44. The van der Waals surface area contributed by atoms with Gasteiger partial charge in [0.05, 0.1) is 11.9 Å². The molecule has 2 aromatic rings. The van der Waals surface area contributed by atoms with Crippen molar-refractivity contribution in [1.29, 1.82) is 5.26 Å². The fraction of sp³-hybridized carbons (Fsp3) is 0.154. The Labute approximate surface area is 113 Å². The molecule has 102 valence electrons. The molecule has 7 heteroatoms. The van der Waals surface area contributed by atoms with Gasteiger partial charge in [0.25, 0.3) is 0 Å². The summed E-state index contributed by atoms with van der Waals surface area (Å²) in [5.74, 6) is -1.75. The quantitative estimate of drug-likeness (QED) is 0.917. The number of hydrogen-bond donors (Lipinski definition) is 1. The fourth-order valence-electron chi connectivity index (χ4n) is 1.69. The first-order valence-corrected chi connectivity index (χ1v) is 5.60. The van der Waals surface area contributed by atoms with Crippen LogP contribution in [0.3, 0.4) is 0 Å². The van der Waals surface area contributed by atoms with Gasteiger partial charge in [0.1, 0.15) is 35.4 Å². The molecular weight excluding hydrogens is 265 g/mol. The lowest BCUT2D eigenvalue weighted by Gasteiger charge is -2.09. The van der Waals surface area contributed by atoms with Crippen molar-refractivity contribution in [3.8, 4) is 11.8 Å². The molecule has 0 bridgehead atoms. The number of carbonyl (C=O) groups is 1. The molecule has 6 nitrogen and oxygen atoms in total. The molecule has 1 aromatic carbocycles. The first-order valence-electron chi connectivity index (χ1n) is 5.60. The zero-order chi connectivity index (χ0) is 14.7. The molecule has 0 aliphatic carbocycles. The van der Waals surface area contributed by atoms with E-state index in [9.17, 15) is 9.18 Å². The number of aryl methyl sites for hydroxylation is 1. The van der Waals surface area contributed by atoms with Crippen LogP contribution in [-0.4, -0.2) is 20.9 Å². The fourth-order valence-corrected chi connectivity index (χ4v) is 1.69. The molecule has 1 N–H and O–H groups in total. The zero-order valence-corrected chi connectivity index (χ0v) is 10.5. The molecule has 0 saturated heterocycles. The number of carboxylic acids is 1. The van der Waals surface area contributed by atoms with E-state index in [0.717, 1.165) is 6.07 Å². The minimum absolute atomic E-state index is 0.00223. The van der Waals surface area contributed by atoms with Crippen LogP contribution >= 0.6 is 0 Å². The number of carboxylic acid groups (broad SMARTS) is 1. The van der Waals surface area contributed by atoms with Crippen LogP contribution in [0.15, 0.2) is 24.4 Å². The molecule has 0 unspecified atom stereocenters. The van der Waals surface area contributed by atoms with E-state index in [0.29, 0.717) is 5.69 Å². The first-order chi connectivity index (χ1) is 9.54. The predicted octanol–water partition coefficient (Wildman–Crippen LogP) is 1.71. The highest BCUT2D eigenvalue weighted by atomic mass is 19.1. The second kappa shape index (κ2) is 5.40. The van der Waals surface area contributed by atoms with Gasteiger partial charge >= 0.3 is 5.97 Å². The van der Waals surface area contributed by atoms with Gasteiger partial charge in [-0.05, 0) is 12.1 Å². The van der Waals surface area contributed by atoms with Gasteiger partial charge in [0.2, 0.25) is 0 Å². The summed E-state index contributed by atoms with van der Waals surface area (Å²) >= 11 is 0. The van der Waals surface area contributed by atoms with Crippen molar-refractivity contribution >= 4 is 5.97 Å². The van der Waals surface area contributed by atoms with Crippen molar-refractivity contribution in [2.45, 2.75) is 6.61 Å². The second-order valence-corrected chi connectivity index (χ2v) is 3.95. The van der Waals surface area contributed by atoms with Crippen molar-refractivity contribution in [3.05, 3.63) is 47.0 Å². The first kappa shape index (κ1) is 13.5. The number of rotatable bonds is 4. The molecule has 0 atom stereocenters. The monoisotopic (exact) mass is 275 g/mol. The lowest BCUT2D eigenvalue weighted by molar-refractivity contribution is 0.0693. The molecule has 2 rings (SSSR count). The second-order valence-electron chi connectivity index (χ2n) is 3.95. The molecule has 0 spiro atoms. The van der Waals surface area contributed by atoms with Crippen molar-refractivity contribution in [2.24, 2.45) is 7.05 Å². The van der Waals surface area contributed by atoms with Crippen molar-refractivity contribution in [2.75, 3.05) is 0 Å². The summed E-state index contributed by atoms with van der Waals surface area (Å²) < 4.78 is 20.1. The van der Waals surface area contributed by atoms with Crippen LogP contribution in [0.25, 0.3) is 0 Å². The van der Waals surface area contributed by atoms with Crippen LogP contribution in [0.2, 0.25) is 0 Å². The van der Waals surface area contributed by atoms with E-state index in [1.807, 2.05) is 0 Å². The van der Waals surface area contributed by atoms with Crippen molar-refractivity contribution in [3.63, 3.8) is 0 Å². The predicted molar refractivity (Wildman–Crippen MR) is 65.6 cm³/mol. The number of benzene rings is 1. The van der Waals surface area contributed by atoms with E-state index in [1.54, 1.807) is 13.1 Å². The standard InChI is InChI=1S/C13H10FN3O3/c1-17-11(9(6-16-17)13(18)19)7-20-12-4-2-3-10(14)8(12)5-15/h2-4,6H,7H2,1H3,(H,18,19). The molecule has 0 amide bonds.